The molecule has 1 aromatic rings. The Morgan fingerprint density at radius 1 is 1.12 bits per heavy atom. The monoisotopic (exact) mass is 328 g/mol. The zero-order valence-electron chi connectivity index (χ0n) is 14.6. The molecule has 130 valence electrons. The maximum absolute atomic E-state index is 12.9. The van der Waals surface area contributed by atoms with Crippen LogP contribution in [0.2, 0.25) is 0 Å². The van der Waals surface area contributed by atoms with Gasteiger partial charge >= 0.3 is 0 Å². The summed E-state index contributed by atoms with van der Waals surface area (Å²) in [6, 6.07) is 11.2. The summed E-state index contributed by atoms with van der Waals surface area (Å²) in [5.41, 5.74) is 1.35. The number of ether oxygens (including phenoxy) is 1. The van der Waals surface area contributed by atoms with Gasteiger partial charge in [-0.25, -0.2) is 0 Å². The van der Waals surface area contributed by atoms with Crippen LogP contribution in [-0.4, -0.2) is 53.6 Å². The van der Waals surface area contributed by atoms with E-state index in [1.807, 2.05) is 0 Å². The van der Waals surface area contributed by atoms with Gasteiger partial charge in [0.15, 0.2) is 0 Å². The van der Waals surface area contributed by atoms with Crippen molar-refractivity contribution >= 4 is 5.91 Å². The zero-order valence-corrected chi connectivity index (χ0v) is 14.6. The molecule has 0 unspecified atom stereocenters. The average molecular weight is 328 g/mol. The summed E-state index contributed by atoms with van der Waals surface area (Å²) in [6.45, 7) is 5.96. The molecule has 4 rings (SSSR count). The Morgan fingerprint density at radius 3 is 2.67 bits per heavy atom. The minimum absolute atomic E-state index is 0.125. The third-order valence-corrected chi connectivity index (χ3v) is 6.06. The first kappa shape index (κ1) is 16.1. The molecule has 4 heteroatoms. The van der Waals surface area contributed by atoms with Crippen molar-refractivity contribution in [3.05, 3.63) is 35.9 Å². The molecule has 0 radical (unpaired) electrons. The van der Waals surface area contributed by atoms with Crippen LogP contribution in [0.15, 0.2) is 30.3 Å². The lowest BCUT2D eigenvalue weighted by molar-refractivity contribution is -0.137. The number of fused-ring (bicyclic) bond motifs is 2. The smallest absolute Gasteiger partial charge is 0.228 e. The molecule has 3 saturated heterocycles. The van der Waals surface area contributed by atoms with E-state index in [0.717, 1.165) is 51.9 Å². The maximum atomic E-state index is 12.9. The Balaban J connectivity index is 1.37. The Bertz CT molecular complexity index is 576. The number of benzene rings is 1. The van der Waals surface area contributed by atoms with Gasteiger partial charge in [-0.15, -0.1) is 0 Å². The van der Waals surface area contributed by atoms with Gasteiger partial charge in [-0.2, -0.15) is 0 Å². The second-order valence-corrected chi connectivity index (χ2v) is 7.64. The molecule has 3 heterocycles. The molecule has 0 saturated carbocycles. The van der Waals surface area contributed by atoms with Crippen LogP contribution in [-0.2, 0) is 16.1 Å². The highest BCUT2D eigenvalue weighted by Gasteiger charge is 2.45. The topological polar surface area (TPSA) is 32.8 Å². The van der Waals surface area contributed by atoms with Crippen molar-refractivity contribution in [2.24, 2.45) is 5.92 Å². The van der Waals surface area contributed by atoms with Crippen molar-refractivity contribution in [1.82, 2.24) is 9.80 Å². The van der Waals surface area contributed by atoms with Crippen LogP contribution in [0.4, 0.5) is 0 Å². The standard InChI is InChI=1S/C20H28N2O2/c1-15-9-10-21(20(23)18-13-17-7-8-19(18)24-17)11-12-22(15)14-16-5-3-2-4-6-16/h2-6,15,17-19H,7-14H2,1H3/t15-,17+,18-,19+/m0/s1. The predicted molar refractivity (Wildman–Crippen MR) is 93.5 cm³/mol. The van der Waals surface area contributed by atoms with E-state index in [4.69, 9.17) is 4.74 Å². The fraction of sp³-hybridized carbons (Fsp3) is 0.650. The van der Waals surface area contributed by atoms with Crippen LogP contribution < -0.4 is 0 Å². The first-order chi connectivity index (χ1) is 11.7. The van der Waals surface area contributed by atoms with Crippen molar-refractivity contribution in [1.29, 1.82) is 0 Å². The quantitative estimate of drug-likeness (QED) is 0.855. The van der Waals surface area contributed by atoms with Crippen LogP contribution in [0, 0.1) is 5.92 Å². The number of carbonyl (C=O) groups is 1. The second-order valence-electron chi connectivity index (χ2n) is 7.64. The normalized spacial score (nSPS) is 33.6. The molecular weight excluding hydrogens is 300 g/mol. The molecule has 0 spiro atoms. The summed E-state index contributed by atoms with van der Waals surface area (Å²) < 4.78 is 5.89. The summed E-state index contributed by atoms with van der Waals surface area (Å²) in [4.78, 5) is 17.6. The first-order valence-electron chi connectivity index (χ1n) is 9.43. The minimum Gasteiger partial charge on any atom is -0.374 e. The maximum Gasteiger partial charge on any atom is 0.228 e. The fourth-order valence-corrected chi connectivity index (χ4v) is 4.51. The van der Waals surface area contributed by atoms with Gasteiger partial charge in [-0.3, -0.25) is 9.69 Å². The van der Waals surface area contributed by atoms with Crippen molar-refractivity contribution in [3.8, 4) is 0 Å². The van der Waals surface area contributed by atoms with Gasteiger partial charge in [0.2, 0.25) is 5.91 Å². The van der Waals surface area contributed by atoms with E-state index in [1.165, 1.54) is 5.56 Å². The van der Waals surface area contributed by atoms with Gasteiger partial charge in [0.1, 0.15) is 0 Å². The van der Waals surface area contributed by atoms with Crippen LogP contribution in [0.3, 0.4) is 0 Å². The van der Waals surface area contributed by atoms with Gasteiger partial charge in [-0.05, 0) is 38.2 Å². The predicted octanol–water partition coefficient (Wildman–Crippen LogP) is 2.68. The summed E-state index contributed by atoms with van der Waals surface area (Å²) in [6.07, 6.45) is 4.78. The number of amides is 1. The van der Waals surface area contributed by atoms with E-state index in [0.29, 0.717) is 18.1 Å². The molecule has 0 aromatic heterocycles. The number of carbonyl (C=O) groups excluding carboxylic acids is 1. The van der Waals surface area contributed by atoms with Crippen molar-refractivity contribution in [2.75, 3.05) is 19.6 Å². The molecule has 2 bridgehead atoms. The third-order valence-electron chi connectivity index (χ3n) is 6.06. The molecule has 4 atom stereocenters. The summed E-state index contributed by atoms with van der Waals surface area (Å²) in [5.74, 6) is 0.468. The van der Waals surface area contributed by atoms with E-state index in [2.05, 4.69) is 47.1 Å². The molecule has 4 nitrogen and oxygen atoms in total. The van der Waals surface area contributed by atoms with E-state index in [-0.39, 0.29) is 12.0 Å². The molecular formula is C20H28N2O2. The number of nitrogens with zero attached hydrogens (tertiary/aromatic N) is 2. The van der Waals surface area contributed by atoms with Gasteiger partial charge in [-0.1, -0.05) is 30.3 Å². The van der Waals surface area contributed by atoms with Gasteiger partial charge < -0.3 is 9.64 Å². The largest absolute Gasteiger partial charge is 0.374 e. The molecule has 0 aliphatic carbocycles. The van der Waals surface area contributed by atoms with Crippen LogP contribution in [0.5, 0.6) is 0 Å². The summed E-state index contributed by atoms with van der Waals surface area (Å²) in [7, 11) is 0. The second kappa shape index (κ2) is 6.85. The highest BCUT2D eigenvalue weighted by molar-refractivity contribution is 5.80. The van der Waals surface area contributed by atoms with Gasteiger partial charge in [0.25, 0.3) is 0 Å². The lowest BCUT2D eigenvalue weighted by Gasteiger charge is -2.27. The summed E-state index contributed by atoms with van der Waals surface area (Å²) >= 11 is 0. The SMILES string of the molecule is C[C@H]1CCN(C(=O)[C@H]2C[C@H]3CC[C@H]2O3)CCN1Cc1ccccc1. The van der Waals surface area contributed by atoms with E-state index >= 15 is 0 Å². The Hall–Kier alpha value is -1.39. The lowest BCUT2D eigenvalue weighted by atomic mass is 9.88. The van der Waals surface area contributed by atoms with Crippen molar-refractivity contribution < 1.29 is 9.53 Å². The Labute approximate surface area is 144 Å². The highest BCUT2D eigenvalue weighted by Crippen LogP contribution is 2.39. The lowest BCUT2D eigenvalue weighted by Crippen LogP contribution is -2.42. The molecule has 3 fully saturated rings. The van der Waals surface area contributed by atoms with E-state index < -0.39 is 0 Å². The number of hydrogen-bond acceptors (Lipinski definition) is 3. The fourth-order valence-electron chi connectivity index (χ4n) is 4.51. The van der Waals surface area contributed by atoms with E-state index in [9.17, 15) is 4.79 Å². The molecule has 1 amide bonds. The van der Waals surface area contributed by atoms with Crippen molar-refractivity contribution in [3.63, 3.8) is 0 Å². The third kappa shape index (κ3) is 3.22. The minimum atomic E-state index is 0.125. The molecule has 0 N–H and O–H groups in total. The highest BCUT2D eigenvalue weighted by atomic mass is 16.5. The average Bonchev–Trinajstić information content (AvgIpc) is 3.19. The van der Waals surface area contributed by atoms with Gasteiger partial charge in [0, 0.05) is 32.2 Å². The van der Waals surface area contributed by atoms with Crippen LogP contribution in [0.1, 0.15) is 38.2 Å². The van der Waals surface area contributed by atoms with Gasteiger partial charge in [0.05, 0.1) is 18.1 Å². The molecule has 24 heavy (non-hydrogen) atoms. The van der Waals surface area contributed by atoms with Crippen molar-refractivity contribution in [2.45, 2.75) is 57.4 Å². The Morgan fingerprint density at radius 2 is 1.96 bits per heavy atom. The number of rotatable bonds is 3. The van der Waals surface area contributed by atoms with Crippen LogP contribution >= 0.6 is 0 Å². The van der Waals surface area contributed by atoms with Crippen LogP contribution in [0.25, 0.3) is 0 Å². The Kier molecular flexibility index (Phi) is 4.59. The van der Waals surface area contributed by atoms with E-state index in [1.54, 1.807) is 0 Å². The molecule has 3 aliphatic rings. The number of hydrogen-bond donors (Lipinski definition) is 0. The first-order valence-corrected chi connectivity index (χ1v) is 9.43. The molecule has 1 aromatic carbocycles. The summed E-state index contributed by atoms with van der Waals surface area (Å²) in [5, 5.41) is 0. The molecule has 3 aliphatic heterocycles. The zero-order chi connectivity index (χ0) is 16.5.